The number of aliphatic carboxylic acids is 1. The first-order valence-electron chi connectivity index (χ1n) is 7.36. The minimum absolute atomic E-state index is 0.119. The highest BCUT2D eigenvalue weighted by Gasteiger charge is 2.33. The minimum atomic E-state index is -4.56. The summed E-state index contributed by atoms with van der Waals surface area (Å²) in [6, 6.07) is 5.49. The van der Waals surface area contributed by atoms with E-state index in [0.29, 0.717) is 0 Å². The van der Waals surface area contributed by atoms with Crippen LogP contribution in [0.5, 0.6) is 0 Å². The normalized spacial score (nSPS) is 12.9. The SMILES string of the molecule is CC(C)[C@H](NC(=O)c1cccc(-n2ccc(C(F)(F)F)n2)c1)C(=O)O. The van der Waals surface area contributed by atoms with Gasteiger partial charge in [-0.15, -0.1) is 0 Å². The van der Waals surface area contributed by atoms with E-state index >= 15 is 0 Å². The first-order valence-corrected chi connectivity index (χ1v) is 7.36. The van der Waals surface area contributed by atoms with Crippen molar-refractivity contribution in [2.75, 3.05) is 0 Å². The number of alkyl halides is 3. The van der Waals surface area contributed by atoms with Crippen molar-refractivity contribution in [3.05, 3.63) is 47.8 Å². The van der Waals surface area contributed by atoms with Crippen molar-refractivity contribution in [3.63, 3.8) is 0 Å². The van der Waals surface area contributed by atoms with Gasteiger partial charge in [-0.3, -0.25) is 4.79 Å². The van der Waals surface area contributed by atoms with Gasteiger partial charge in [0.1, 0.15) is 6.04 Å². The number of carboxylic acids is 1. The van der Waals surface area contributed by atoms with Gasteiger partial charge in [-0.2, -0.15) is 18.3 Å². The summed E-state index contributed by atoms with van der Waals surface area (Å²) in [7, 11) is 0. The molecule has 9 heteroatoms. The Balaban J connectivity index is 2.25. The number of benzene rings is 1. The standard InChI is InChI=1S/C16H16F3N3O3/c1-9(2)13(15(24)25)20-14(23)10-4-3-5-11(8-10)22-7-6-12(21-22)16(17,18)19/h3-9,13H,1-2H3,(H,20,23)(H,24,25)/t13-/m0/s1. The van der Waals surface area contributed by atoms with Gasteiger partial charge in [0, 0.05) is 11.8 Å². The van der Waals surface area contributed by atoms with Crippen LogP contribution in [0.1, 0.15) is 29.9 Å². The van der Waals surface area contributed by atoms with E-state index in [0.717, 1.165) is 16.9 Å². The fraction of sp³-hybridized carbons (Fsp3) is 0.312. The van der Waals surface area contributed by atoms with E-state index in [1.54, 1.807) is 13.8 Å². The molecule has 2 N–H and O–H groups in total. The lowest BCUT2D eigenvalue weighted by atomic mass is 10.0. The summed E-state index contributed by atoms with van der Waals surface area (Å²) >= 11 is 0. The van der Waals surface area contributed by atoms with Gasteiger partial charge in [-0.05, 0) is 30.2 Å². The van der Waals surface area contributed by atoms with Crippen LogP contribution in [0.4, 0.5) is 13.2 Å². The topological polar surface area (TPSA) is 84.2 Å². The van der Waals surface area contributed by atoms with Crippen LogP contribution >= 0.6 is 0 Å². The van der Waals surface area contributed by atoms with Crippen LogP contribution in [0.15, 0.2) is 36.5 Å². The molecule has 0 aliphatic carbocycles. The van der Waals surface area contributed by atoms with Gasteiger partial charge in [0.2, 0.25) is 0 Å². The molecule has 0 saturated heterocycles. The van der Waals surface area contributed by atoms with E-state index in [1.165, 1.54) is 24.3 Å². The van der Waals surface area contributed by atoms with E-state index < -0.39 is 29.8 Å². The Morgan fingerprint density at radius 3 is 2.44 bits per heavy atom. The highest BCUT2D eigenvalue weighted by atomic mass is 19.4. The summed E-state index contributed by atoms with van der Waals surface area (Å²) in [4.78, 5) is 23.4. The number of halogens is 3. The number of nitrogens with zero attached hydrogens (tertiary/aromatic N) is 2. The van der Waals surface area contributed by atoms with Crippen molar-refractivity contribution in [2.45, 2.75) is 26.1 Å². The van der Waals surface area contributed by atoms with Crippen LogP contribution in [-0.4, -0.2) is 32.8 Å². The number of nitrogens with one attached hydrogen (secondary N) is 1. The Bertz CT molecular complexity index is 784. The highest BCUT2D eigenvalue weighted by Crippen LogP contribution is 2.27. The van der Waals surface area contributed by atoms with Gasteiger partial charge >= 0.3 is 12.1 Å². The van der Waals surface area contributed by atoms with E-state index in [9.17, 15) is 22.8 Å². The molecule has 25 heavy (non-hydrogen) atoms. The van der Waals surface area contributed by atoms with Crippen LogP contribution in [0.3, 0.4) is 0 Å². The third-order valence-electron chi connectivity index (χ3n) is 3.47. The Hall–Kier alpha value is -2.84. The maximum Gasteiger partial charge on any atom is 0.435 e. The van der Waals surface area contributed by atoms with Crippen molar-refractivity contribution in [1.82, 2.24) is 15.1 Å². The van der Waals surface area contributed by atoms with Crippen molar-refractivity contribution < 1.29 is 27.9 Å². The molecular weight excluding hydrogens is 339 g/mol. The summed E-state index contributed by atoms with van der Waals surface area (Å²) in [5.74, 6) is -2.13. The second-order valence-electron chi connectivity index (χ2n) is 5.73. The fourth-order valence-electron chi connectivity index (χ4n) is 2.15. The summed E-state index contributed by atoms with van der Waals surface area (Å²) in [6.45, 7) is 3.30. The third kappa shape index (κ3) is 4.37. The maximum atomic E-state index is 12.6. The van der Waals surface area contributed by atoms with Gasteiger partial charge in [0.25, 0.3) is 5.91 Å². The number of carboxylic acid groups (broad SMARTS) is 1. The van der Waals surface area contributed by atoms with Crippen molar-refractivity contribution in [1.29, 1.82) is 0 Å². The molecule has 2 aromatic rings. The third-order valence-corrected chi connectivity index (χ3v) is 3.47. The molecule has 0 radical (unpaired) electrons. The average molecular weight is 355 g/mol. The number of hydrogen-bond acceptors (Lipinski definition) is 3. The minimum Gasteiger partial charge on any atom is -0.480 e. The van der Waals surface area contributed by atoms with Gasteiger partial charge < -0.3 is 10.4 Å². The van der Waals surface area contributed by atoms with Gasteiger partial charge in [-0.1, -0.05) is 19.9 Å². The second-order valence-corrected chi connectivity index (χ2v) is 5.73. The number of hydrogen-bond donors (Lipinski definition) is 2. The number of amides is 1. The lowest BCUT2D eigenvalue weighted by molar-refractivity contribution is -0.141. The number of aromatic nitrogens is 2. The molecule has 1 aromatic carbocycles. The summed E-state index contributed by atoms with van der Waals surface area (Å²) in [5.41, 5.74) is -0.680. The Morgan fingerprint density at radius 1 is 1.24 bits per heavy atom. The molecule has 0 unspecified atom stereocenters. The predicted molar refractivity (Wildman–Crippen MR) is 82.3 cm³/mol. The Morgan fingerprint density at radius 2 is 1.92 bits per heavy atom. The van der Waals surface area contributed by atoms with Gasteiger partial charge in [0.15, 0.2) is 5.69 Å². The van der Waals surface area contributed by atoms with Crippen LogP contribution < -0.4 is 5.32 Å². The quantitative estimate of drug-likeness (QED) is 0.864. The molecule has 0 spiro atoms. The molecule has 0 fully saturated rings. The zero-order valence-corrected chi connectivity index (χ0v) is 13.4. The lowest BCUT2D eigenvalue weighted by Gasteiger charge is -2.18. The molecular formula is C16H16F3N3O3. The predicted octanol–water partition coefficient (Wildman–Crippen LogP) is 2.73. The highest BCUT2D eigenvalue weighted by molar-refractivity contribution is 5.97. The van der Waals surface area contributed by atoms with E-state index in [-0.39, 0.29) is 17.2 Å². The van der Waals surface area contributed by atoms with Crippen molar-refractivity contribution in [3.8, 4) is 5.69 Å². The van der Waals surface area contributed by atoms with Crippen molar-refractivity contribution >= 4 is 11.9 Å². The van der Waals surface area contributed by atoms with Gasteiger partial charge in [0.05, 0.1) is 5.69 Å². The summed E-state index contributed by atoms with van der Waals surface area (Å²) in [5, 5.41) is 14.9. The summed E-state index contributed by atoms with van der Waals surface area (Å²) < 4.78 is 38.9. The molecule has 1 amide bonds. The second kappa shape index (κ2) is 6.96. The van der Waals surface area contributed by atoms with Crippen LogP contribution in [0, 0.1) is 5.92 Å². The number of carbonyl (C=O) groups excluding carboxylic acids is 1. The van der Waals surface area contributed by atoms with Gasteiger partial charge in [-0.25, -0.2) is 9.48 Å². The van der Waals surface area contributed by atoms with Crippen LogP contribution in [-0.2, 0) is 11.0 Å². The molecule has 1 heterocycles. The zero-order valence-electron chi connectivity index (χ0n) is 13.4. The molecule has 0 aliphatic heterocycles. The lowest BCUT2D eigenvalue weighted by Crippen LogP contribution is -2.44. The number of rotatable bonds is 5. The molecule has 0 saturated carbocycles. The average Bonchev–Trinajstić information content (AvgIpc) is 3.02. The maximum absolute atomic E-state index is 12.6. The number of carbonyl (C=O) groups is 2. The molecule has 0 bridgehead atoms. The fourth-order valence-corrected chi connectivity index (χ4v) is 2.15. The molecule has 1 atom stereocenters. The Labute approximate surface area is 141 Å². The van der Waals surface area contributed by atoms with Crippen molar-refractivity contribution in [2.24, 2.45) is 5.92 Å². The first-order chi connectivity index (χ1) is 11.6. The summed E-state index contributed by atoms with van der Waals surface area (Å²) in [6.07, 6.45) is -3.43. The van der Waals surface area contributed by atoms with Crippen LogP contribution in [0.2, 0.25) is 0 Å². The molecule has 1 aromatic heterocycles. The largest absolute Gasteiger partial charge is 0.480 e. The van der Waals surface area contributed by atoms with E-state index in [1.807, 2.05) is 0 Å². The first kappa shape index (κ1) is 18.5. The van der Waals surface area contributed by atoms with E-state index in [2.05, 4.69) is 10.4 Å². The smallest absolute Gasteiger partial charge is 0.435 e. The molecule has 6 nitrogen and oxygen atoms in total. The zero-order chi connectivity index (χ0) is 18.8. The van der Waals surface area contributed by atoms with E-state index in [4.69, 9.17) is 5.11 Å². The van der Waals surface area contributed by atoms with Crippen LogP contribution in [0.25, 0.3) is 5.69 Å². The Kier molecular flexibility index (Phi) is 5.15. The monoisotopic (exact) mass is 355 g/mol. The molecule has 134 valence electrons. The molecule has 2 rings (SSSR count). The molecule has 0 aliphatic rings.